The molecule has 2 N–H and O–H groups in total. The van der Waals surface area contributed by atoms with Gasteiger partial charge < -0.3 is 14.9 Å². The maximum atomic E-state index is 13.2. The van der Waals surface area contributed by atoms with Gasteiger partial charge in [-0.3, -0.25) is 19.2 Å². The lowest BCUT2D eigenvalue weighted by atomic mass is 9.76. The molecule has 0 saturated carbocycles. The molecule has 1 atom stereocenters. The number of phenols is 2. The number of ether oxygens (including phenoxy) is 1. The van der Waals surface area contributed by atoms with Crippen LogP contribution in [0.2, 0.25) is 5.02 Å². The third kappa shape index (κ3) is 3.66. The van der Waals surface area contributed by atoms with E-state index < -0.39 is 74.0 Å². The van der Waals surface area contributed by atoms with Crippen LogP contribution in [-0.4, -0.2) is 39.6 Å². The van der Waals surface area contributed by atoms with Gasteiger partial charge in [-0.15, -0.1) is 0 Å². The number of halogens is 1. The number of aromatic hydroxyl groups is 2. The van der Waals surface area contributed by atoms with E-state index in [9.17, 15) is 29.4 Å². The molecule has 0 heterocycles. The predicted octanol–water partition coefficient (Wildman–Crippen LogP) is 4.18. The van der Waals surface area contributed by atoms with E-state index in [4.69, 9.17) is 16.3 Å². The summed E-state index contributed by atoms with van der Waals surface area (Å²) in [5.74, 6) is -6.40. The molecular formula is C24H23ClO7. The molecule has 3 rings (SSSR count). The summed E-state index contributed by atoms with van der Waals surface area (Å²) in [5, 5.41) is 21.3. The third-order valence-electron chi connectivity index (χ3n) is 5.17. The standard InChI is InChI=1S/C24H23ClO7/c1-10(2)32-23(31)16(22(30)24(3,4)5)13-17(25)21(29)15-14(20(13)28)18(26)11-8-6-7-9-12(11)19(15)27/h6-10,16,28-29H,1-5H3. The van der Waals surface area contributed by atoms with Gasteiger partial charge in [-0.05, 0) is 13.8 Å². The minimum absolute atomic E-state index is 0.0245. The van der Waals surface area contributed by atoms with Crippen LogP contribution in [0.1, 0.15) is 77.9 Å². The van der Waals surface area contributed by atoms with Crippen molar-refractivity contribution in [2.75, 3.05) is 0 Å². The van der Waals surface area contributed by atoms with E-state index in [1.165, 1.54) is 12.1 Å². The summed E-state index contributed by atoms with van der Waals surface area (Å²) >= 11 is 6.31. The number of carbonyl (C=O) groups excluding carboxylic acids is 4. The number of hydrogen-bond donors (Lipinski definition) is 2. The Morgan fingerprint density at radius 1 is 0.938 bits per heavy atom. The molecule has 1 aliphatic rings. The first kappa shape index (κ1) is 23.5. The Bertz CT molecular complexity index is 1170. The Kier molecular flexibility index (Phi) is 5.91. The van der Waals surface area contributed by atoms with Crippen molar-refractivity contribution in [3.8, 4) is 11.5 Å². The van der Waals surface area contributed by atoms with Crippen molar-refractivity contribution < 1.29 is 34.1 Å². The average molecular weight is 459 g/mol. The zero-order chi connectivity index (χ0) is 24.1. The van der Waals surface area contributed by atoms with Crippen LogP contribution in [0.3, 0.4) is 0 Å². The molecule has 0 aliphatic heterocycles. The molecule has 32 heavy (non-hydrogen) atoms. The van der Waals surface area contributed by atoms with Crippen LogP contribution in [0, 0.1) is 5.41 Å². The predicted molar refractivity (Wildman–Crippen MR) is 117 cm³/mol. The number of ketones is 3. The van der Waals surface area contributed by atoms with Crippen molar-refractivity contribution in [2.24, 2.45) is 5.41 Å². The first-order chi connectivity index (χ1) is 14.8. The average Bonchev–Trinajstić information content (AvgIpc) is 2.70. The molecule has 0 amide bonds. The topological polar surface area (TPSA) is 118 Å². The van der Waals surface area contributed by atoms with Crippen molar-refractivity contribution in [1.82, 2.24) is 0 Å². The molecular weight excluding hydrogens is 436 g/mol. The van der Waals surface area contributed by atoms with Gasteiger partial charge in [0, 0.05) is 22.1 Å². The van der Waals surface area contributed by atoms with Crippen LogP contribution in [-0.2, 0) is 14.3 Å². The van der Waals surface area contributed by atoms with E-state index in [2.05, 4.69) is 0 Å². The zero-order valence-corrected chi connectivity index (χ0v) is 19.0. The first-order valence-electron chi connectivity index (χ1n) is 9.99. The Hall–Kier alpha value is -3.19. The normalized spacial score (nSPS) is 14.1. The molecule has 1 unspecified atom stereocenters. The van der Waals surface area contributed by atoms with Gasteiger partial charge >= 0.3 is 5.97 Å². The summed E-state index contributed by atoms with van der Waals surface area (Å²) in [6.07, 6.45) is -0.583. The maximum absolute atomic E-state index is 13.2. The second-order valence-electron chi connectivity index (χ2n) is 8.91. The lowest BCUT2D eigenvalue weighted by Gasteiger charge is -2.28. The molecule has 8 heteroatoms. The van der Waals surface area contributed by atoms with Gasteiger partial charge in [-0.1, -0.05) is 56.6 Å². The smallest absolute Gasteiger partial charge is 0.321 e. The molecule has 1 aliphatic carbocycles. The minimum atomic E-state index is -1.72. The molecule has 0 saturated heterocycles. The maximum Gasteiger partial charge on any atom is 0.321 e. The monoisotopic (exact) mass is 458 g/mol. The second kappa shape index (κ2) is 8.06. The second-order valence-corrected chi connectivity index (χ2v) is 9.29. The summed E-state index contributed by atoms with van der Waals surface area (Å²) in [6.45, 7) is 7.88. The summed E-state index contributed by atoms with van der Waals surface area (Å²) in [6, 6.07) is 5.94. The largest absolute Gasteiger partial charge is 0.507 e. The highest BCUT2D eigenvalue weighted by Gasteiger charge is 2.45. The van der Waals surface area contributed by atoms with Gasteiger partial charge in [0.2, 0.25) is 0 Å². The molecule has 0 radical (unpaired) electrons. The van der Waals surface area contributed by atoms with Crippen LogP contribution >= 0.6 is 11.6 Å². The van der Waals surface area contributed by atoms with Crippen molar-refractivity contribution in [2.45, 2.75) is 46.6 Å². The van der Waals surface area contributed by atoms with E-state index >= 15 is 0 Å². The molecule has 0 fully saturated rings. The molecule has 0 aromatic heterocycles. The van der Waals surface area contributed by atoms with E-state index in [-0.39, 0.29) is 11.1 Å². The fourth-order valence-electron chi connectivity index (χ4n) is 3.66. The lowest BCUT2D eigenvalue weighted by molar-refractivity contribution is -0.153. The van der Waals surface area contributed by atoms with Crippen LogP contribution in [0.5, 0.6) is 11.5 Å². The molecule has 2 aromatic carbocycles. The number of Topliss-reactive ketones (excluding diaryl/α,β-unsaturated/α-hetero) is 1. The van der Waals surface area contributed by atoms with Gasteiger partial charge in [0.15, 0.2) is 17.3 Å². The number of rotatable bonds is 4. The molecule has 0 spiro atoms. The first-order valence-corrected chi connectivity index (χ1v) is 10.4. The molecule has 0 bridgehead atoms. The summed E-state index contributed by atoms with van der Waals surface area (Å²) < 4.78 is 5.22. The number of fused-ring (bicyclic) bond motifs is 2. The highest BCUT2D eigenvalue weighted by atomic mass is 35.5. The Morgan fingerprint density at radius 3 is 1.84 bits per heavy atom. The summed E-state index contributed by atoms with van der Waals surface area (Å²) in [7, 11) is 0. The fraction of sp³-hybridized carbons (Fsp3) is 0.333. The van der Waals surface area contributed by atoms with Gasteiger partial charge in [-0.25, -0.2) is 0 Å². The summed E-state index contributed by atoms with van der Waals surface area (Å²) in [4.78, 5) is 52.3. The summed E-state index contributed by atoms with van der Waals surface area (Å²) in [5.41, 5.74) is -2.43. The minimum Gasteiger partial charge on any atom is -0.507 e. The number of benzene rings is 2. The van der Waals surface area contributed by atoms with Crippen LogP contribution in [0.15, 0.2) is 24.3 Å². The fourth-order valence-corrected chi connectivity index (χ4v) is 3.95. The number of carbonyl (C=O) groups is 4. The quantitative estimate of drug-likeness (QED) is 0.342. The van der Waals surface area contributed by atoms with E-state index in [0.29, 0.717) is 0 Å². The number of phenolic OH excluding ortho intramolecular Hbond substituents is 2. The lowest BCUT2D eigenvalue weighted by Crippen LogP contribution is -2.35. The van der Waals surface area contributed by atoms with Gasteiger partial charge in [-0.2, -0.15) is 0 Å². The van der Waals surface area contributed by atoms with Crippen LogP contribution < -0.4 is 0 Å². The Balaban J connectivity index is 2.35. The third-order valence-corrected chi connectivity index (χ3v) is 5.55. The van der Waals surface area contributed by atoms with E-state index in [1.54, 1.807) is 46.8 Å². The highest BCUT2D eigenvalue weighted by Crippen LogP contribution is 2.49. The van der Waals surface area contributed by atoms with Crippen molar-refractivity contribution in [3.63, 3.8) is 0 Å². The van der Waals surface area contributed by atoms with Crippen molar-refractivity contribution in [3.05, 3.63) is 57.1 Å². The molecule has 7 nitrogen and oxygen atoms in total. The Labute approximate surface area is 190 Å². The van der Waals surface area contributed by atoms with Crippen molar-refractivity contribution in [1.29, 1.82) is 0 Å². The zero-order valence-electron chi connectivity index (χ0n) is 18.3. The molecule has 2 aromatic rings. The van der Waals surface area contributed by atoms with E-state index in [1.807, 2.05) is 0 Å². The number of hydrogen-bond acceptors (Lipinski definition) is 7. The van der Waals surface area contributed by atoms with Gasteiger partial charge in [0.05, 0.1) is 22.3 Å². The number of esters is 1. The van der Waals surface area contributed by atoms with Crippen LogP contribution in [0.4, 0.5) is 0 Å². The highest BCUT2D eigenvalue weighted by molar-refractivity contribution is 6.38. The van der Waals surface area contributed by atoms with Crippen LogP contribution in [0.25, 0.3) is 0 Å². The van der Waals surface area contributed by atoms with Crippen molar-refractivity contribution >= 4 is 34.9 Å². The SMILES string of the molecule is CC(C)OC(=O)C(C(=O)C(C)(C)C)c1c(O)c2c(c(O)c1Cl)C(=O)c1ccccc1C2=O. The Morgan fingerprint density at radius 2 is 1.41 bits per heavy atom. The van der Waals surface area contributed by atoms with Gasteiger partial charge in [0.1, 0.15) is 17.4 Å². The van der Waals surface area contributed by atoms with Gasteiger partial charge in [0.25, 0.3) is 0 Å². The van der Waals surface area contributed by atoms with E-state index in [0.717, 1.165) is 0 Å². The molecule has 168 valence electrons.